The van der Waals surface area contributed by atoms with Gasteiger partial charge in [-0.3, -0.25) is 0 Å². The number of halogens is 1. The van der Waals surface area contributed by atoms with Crippen LogP contribution in [0.3, 0.4) is 0 Å². The Balaban J connectivity index is 1.61. The van der Waals surface area contributed by atoms with Crippen molar-refractivity contribution in [3.05, 3.63) is 35.2 Å². The van der Waals surface area contributed by atoms with Gasteiger partial charge < -0.3 is 14.8 Å². The largest absolute Gasteiger partial charge is 0.419 e. The summed E-state index contributed by atoms with van der Waals surface area (Å²) in [6, 6.07) is 7.64. The van der Waals surface area contributed by atoms with E-state index in [0.29, 0.717) is 35.3 Å². The van der Waals surface area contributed by atoms with Crippen molar-refractivity contribution in [1.82, 2.24) is 15.5 Å². The topological polar surface area (TPSA) is 71.2 Å². The molecule has 1 aromatic heterocycles. The fourth-order valence-corrected chi connectivity index (χ4v) is 3.25. The van der Waals surface area contributed by atoms with Crippen molar-refractivity contribution in [2.45, 2.75) is 44.7 Å². The summed E-state index contributed by atoms with van der Waals surface area (Å²) in [4.78, 5) is 0. The van der Waals surface area contributed by atoms with E-state index < -0.39 is 0 Å². The molecule has 1 fully saturated rings. The van der Waals surface area contributed by atoms with E-state index in [1.165, 1.54) is 19.3 Å². The third-order valence-electron chi connectivity index (χ3n) is 4.47. The molecule has 0 radical (unpaired) electrons. The molecule has 0 aliphatic heterocycles. The molecule has 0 saturated heterocycles. The average Bonchev–Trinajstić information content (AvgIpc) is 2.92. The lowest BCUT2D eigenvalue weighted by Gasteiger charge is -2.23. The smallest absolute Gasteiger partial charge is 0.247 e. The van der Waals surface area contributed by atoms with Crippen LogP contribution >= 0.6 is 11.6 Å². The van der Waals surface area contributed by atoms with Crippen LogP contribution in [0.25, 0.3) is 11.5 Å². The number of aliphatic hydroxyl groups excluding tert-OH is 1. The minimum absolute atomic E-state index is 0.234. The Morgan fingerprint density at radius 3 is 2.70 bits per heavy atom. The van der Waals surface area contributed by atoms with E-state index in [0.717, 1.165) is 18.4 Å². The molecule has 3 rings (SSSR count). The van der Waals surface area contributed by atoms with Crippen LogP contribution in [0.15, 0.2) is 28.7 Å². The van der Waals surface area contributed by atoms with E-state index in [9.17, 15) is 5.11 Å². The lowest BCUT2D eigenvalue weighted by molar-refractivity contribution is 0.179. The summed E-state index contributed by atoms with van der Waals surface area (Å²) in [5.74, 6) is 1.38. The van der Waals surface area contributed by atoms with Gasteiger partial charge in [0, 0.05) is 23.2 Å². The van der Waals surface area contributed by atoms with Crippen molar-refractivity contribution in [3.63, 3.8) is 0 Å². The van der Waals surface area contributed by atoms with Crippen molar-refractivity contribution in [2.75, 3.05) is 6.61 Å². The number of aliphatic hydroxyl groups is 1. The summed E-state index contributed by atoms with van der Waals surface area (Å²) < 4.78 is 5.71. The Bertz CT molecular complexity index is 615. The number of hydrogen-bond acceptors (Lipinski definition) is 5. The summed E-state index contributed by atoms with van der Waals surface area (Å²) in [5.41, 5.74) is 0.857. The number of nitrogens with zero attached hydrogens (tertiary/aromatic N) is 2. The summed E-state index contributed by atoms with van der Waals surface area (Å²) in [7, 11) is 0. The quantitative estimate of drug-likeness (QED) is 0.819. The Morgan fingerprint density at radius 1 is 1.13 bits per heavy atom. The van der Waals surface area contributed by atoms with Crippen LogP contribution in [0.4, 0.5) is 0 Å². The minimum Gasteiger partial charge on any atom is -0.419 e. The van der Waals surface area contributed by atoms with Crippen LogP contribution in [0, 0.1) is 5.92 Å². The SMILES string of the molecule is OC[C@H]1CCCCC[C@H]1NCc1nnc(-c2ccc(Cl)cc2)o1. The van der Waals surface area contributed by atoms with Gasteiger partial charge in [0.05, 0.1) is 6.54 Å². The van der Waals surface area contributed by atoms with Gasteiger partial charge >= 0.3 is 0 Å². The number of aromatic nitrogens is 2. The first kappa shape index (κ1) is 16.4. The molecule has 124 valence electrons. The lowest BCUT2D eigenvalue weighted by atomic mass is 9.96. The molecular formula is C17H22ClN3O2. The second-order valence-corrected chi connectivity index (χ2v) is 6.51. The molecule has 1 aliphatic rings. The summed E-state index contributed by atoms with van der Waals surface area (Å²) in [6.07, 6.45) is 5.81. The average molecular weight is 336 g/mol. The van der Waals surface area contributed by atoms with Crippen LogP contribution in [0.5, 0.6) is 0 Å². The standard InChI is InChI=1S/C17H22ClN3O2/c18-14-8-6-12(7-9-14)17-21-20-16(23-17)10-19-15-5-3-1-2-4-13(15)11-22/h6-9,13,15,19,22H,1-5,10-11H2/t13-,15-/m1/s1. The zero-order valence-corrected chi connectivity index (χ0v) is 13.8. The van der Waals surface area contributed by atoms with E-state index in [1.807, 2.05) is 12.1 Å². The lowest BCUT2D eigenvalue weighted by Crippen LogP contribution is -2.36. The van der Waals surface area contributed by atoms with Crippen LogP contribution < -0.4 is 5.32 Å². The van der Waals surface area contributed by atoms with Gasteiger partial charge in [-0.2, -0.15) is 0 Å². The van der Waals surface area contributed by atoms with E-state index >= 15 is 0 Å². The first-order valence-corrected chi connectivity index (χ1v) is 8.56. The van der Waals surface area contributed by atoms with Crippen LogP contribution in [0.2, 0.25) is 5.02 Å². The molecule has 5 nitrogen and oxygen atoms in total. The summed E-state index contributed by atoms with van der Waals surface area (Å²) in [5, 5.41) is 21.9. The van der Waals surface area contributed by atoms with Crippen molar-refractivity contribution in [3.8, 4) is 11.5 Å². The van der Waals surface area contributed by atoms with Crippen molar-refractivity contribution >= 4 is 11.6 Å². The monoisotopic (exact) mass is 335 g/mol. The van der Waals surface area contributed by atoms with Crippen molar-refractivity contribution < 1.29 is 9.52 Å². The highest BCUT2D eigenvalue weighted by atomic mass is 35.5. The Labute approximate surface area is 141 Å². The first-order chi connectivity index (χ1) is 11.3. The van der Waals surface area contributed by atoms with Gasteiger partial charge in [0.1, 0.15) is 0 Å². The second kappa shape index (κ2) is 7.90. The molecule has 2 atom stereocenters. The molecular weight excluding hydrogens is 314 g/mol. The van der Waals surface area contributed by atoms with Crippen LogP contribution in [-0.4, -0.2) is 28.0 Å². The molecule has 2 aromatic rings. The summed E-state index contributed by atoms with van der Waals surface area (Å²) >= 11 is 5.88. The normalized spacial score (nSPS) is 22.0. The zero-order valence-electron chi connectivity index (χ0n) is 13.0. The molecule has 6 heteroatoms. The highest BCUT2D eigenvalue weighted by Gasteiger charge is 2.23. The molecule has 1 heterocycles. The van der Waals surface area contributed by atoms with Crippen molar-refractivity contribution in [2.24, 2.45) is 5.92 Å². The number of benzene rings is 1. The van der Waals surface area contributed by atoms with Gasteiger partial charge in [0.2, 0.25) is 11.8 Å². The molecule has 1 saturated carbocycles. The Hall–Kier alpha value is -1.43. The maximum atomic E-state index is 9.56. The Morgan fingerprint density at radius 2 is 1.91 bits per heavy atom. The third kappa shape index (κ3) is 4.31. The summed E-state index contributed by atoms with van der Waals surface area (Å²) in [6.45, 7) is 0.763. The van der Waals surface area contributed by atoms with Gasteiger partial charge in [0.15, 0.2) is 0 Å². The fourth-order valence-electron chi connectivity index (χ4n) is 3.12. The van der Waals surface area contributed by atoms with E-state index in [2.05, 4.69) is 15.5 Å². The van der Waals surface area contributed by atoms with Gasteiger partial charge in [-0.05, 0) is 43.0 Å². The molecule has 0 unspecified atom stereocenters. The van der Waals surface area contributed by atoms with Crippen LogP contribution in [-0.2, 0) is 6.54 Å². The maximum absolute atomic E-state index is 9.56. The zero-order chi connectivity index (χ0) is 16.1. The predicted molar refractivity (Wildman–Crippen MR) is 89.0 cm³/mol. The molecule has 0 bridgehead atoms. The fraction of sp³-hybridized carbons (Fsp3) is 0.529. The van der Waals surface area contributed by atoms with E-state index in [-0.39, 0.29) is 6.61 Å². The highest BCUT2D eigenvalue weighted by Crippen LogP contribution is 2.24. The second-order valence-electron chi connectivity index (χ2n) is 6.08. The van der Waals surface area contributed by atoms with Crippen LogP contribution in [0.1, 0.15) is 38.0 Å². The number of rotatable bonds is 5. The van der Waals surface area contributed by atoms with Gasteiger partial charge in [-0.25, -0.2) is 0 Å². The number of nitrogens with one attached hydrogen (secondary N) is 1. The third-order valence-corrected chi connectivity index (χ3v) is 4.72. The Kier molecular flexibility index (Phi) is 5.65. The predicted octanol–water partition coefficient (Wildman–Crippen LogP) is 3.42. The van der Waals surface area contributed by atoms with Crippen molar-refractivity contribution in [1.29, 1.82) is 0 Å². The van der Waals surface area contributed by atoms with Gasteiger partial charge in [-0.15, -0.1) is 10.2 Å². The minimum atomic E-state index is 0.234. The molecule has 0 amide bonds. The molecule has 0 spiro atoms. The maximum Gasteiger partial charge on any atom is 0.247 e. The molecule has 2 N–H and O–H groups in total. The van der Waals surface area contributed by atoms with Gasteiger partial charge in [-0.1, -0.05) is 30.9 Å². The van der Waals surface area contributed by atoms with E-state index in [4.69, 9.17) is 16.0 Å². The number of hydrogen-bond donors (Lipinski definition) is 2. The van der Waals surface area contributed by atoms with E-state index in [1.54, 1.807) is 12.1 Å². The molecule has 23 heavy (non-hydrogen) atoms. The highest BCUT2D eigenvalue weighted by molar-refractivity contribution is 6.30. The molecule has 1 aromatic carbocycles. The first-order valence-electron chi connectivity index (χ1n) is 8.19. The molecule has 1 aliphatic carbocycles. The van der Waals surface area contributed by atoms with Gasteiger partial charge in [0.25, 0.3) is 0 Å².